The van der Waals surface area contributed by atoms with Crippen molar-refractivity contribution in [3.05, 3.63) is 35.9 Å². The number of carbonyl (C=O) groups excluding carboxylic acids is 2. The molecule has 4 rings (SSSR count). The van der Waals surface area contributed by atoms with Gasteiger partial charge in [-0.1, -0.05) is 30.3 Å². The van der Waals surface area contributed by atoms with Crippen LogP contribution in [0.25, 0.3) is 0 Å². The summed E-state index contributed by atoms with van der Waals surface area (Å²) in [6.45, 7) is 7.60. The Labute approximate surface area is 197 Å². The van der Waals surface area contributed by atoms with E-state index in [1.807, 2.05) is 20.8 Å². The van der Waals surface area contributed by atoms with Crippen LogP contribution < -0.4 is 10.6 Å². The first-order chi connectivity index (χ1) is 15.8. The Morgan fingerprint density at radius 2 is 1.88 bits per heavy atom. The molecule has 0 bridgehead atoms. The molecule has 3 aliphatic rings. The van der Waals surface area contributed by atoms with Gasteiger partial charge in [0.1, 0.15) is 5.60 Å². The molecule has 1 spiro atoms. The number of benzene rings is 1. The third-order valence-electron chi connectivity index (χ3n) is 7.21. The Morgan fingerprint density at radius 3 is 2.55 bits per heavy atom. The molecule has 2 atom stereocenters. The summed E-state index contributed by atoms with van der Waals surface area (Å²) in [5.74, 6) is 0.563. The highest BCUT2D eigenvalue weighted by Crippen LogP contribution is 2.35. The number of likely N-dealkylation sites (tertiary alicyclic amines) is 1. The van der Waals surface area contributed by atoms with Gasteiger partial charge in [-0.2, -0.15) is 0 Å². The minimum Gasteiger partial charge on any atom is -0.444 e. The molecule has 2 heterocycles. The molecule has 0 unspecified atom stereocenters. The van der Waals surface area contributed by atoms with Gasteiger partial charge < -0.3 is 25.0 Å². The molecule has 3 fully saturated rings. The van der Waals surface area contributed by atoms with Crippen molar-refractivity contribution in [3.63, 3.8) is 0 Å². The summed E-state index contributed by atoms with van der Waals surface area (Å²) in [4.78, 5) is 27.2. The van der Waals surface area contributed by atoms with Crippen LogP contribution in [0.3, 0.4) is 0 Å². The van der Waals surface area contributed by atoms with Crippen molar-refractivity contribution in [3.8, 4) is 0 Å². The number of amides is 2. The Bertz CT molecular complexity index is 813. The van der Waals surface area contributed by atoms with Gasteiger partial charge in [0.2, 0.25) is 5.91 Å². The third-order valence-corrected chi connectivity index (χ3v) is 7.21. The van der Waals surface area contributed by atoms with E-state index < -0.39 is 11.1 Å². The predicted octanol–water partition coefficient (Wildman–Crippen LogP) is 3.59. The summed E-state index contributed by atoms with van der Waals surface area (Å²) < 4.78 is 12.2. The van der Waals surface area contributed by atoms with Crippen LogP contribution in [0.2, 0.25) is 0 Å². The number of nitrogens with zero attached hydrogens (tertiary/aromatic N) is 1. The van der Waals surface area contributed by atoms with Crippen LogP contribution in [-0.2, 0) is 14.3 Å². The molecule has 2 aliphatic heterocycles. The van der Waals surface area contributed by atoms with Crippen molar-refractivity contribution >= 4 is 12.0 Å². The number of nitrogens with one attached hydrogen (secondary N) is 2. The van der Waals surface area contributed by atoms with E-state index in [-0.39, 0.29) is 24.1 Å². The maximum absolute atomic E-state index is 13.1. The highest BCUT2D eigenvalue weighted by atomic mass is 16.6. The van der Waals surface area contributed by atoms with Crippen molar-refractivity contribution in [1.29, 1.82) is 0 Å². The van der Waals surface area contributed by atoms with Crippen molar-refractivity contribution < 1.29 is 19.1 Å². The fourth-order valence-electron chi connectivity index (χ4n) is 5.61. The molecule has 33 heavy (non-hydrogen) atoms. The Morgan fingerprint density at radius 1 is 1.15 bits per heavy atom. The van der Waals surface area contributed by atoms with Gasteiger partial charge >= 0.3 is 6.09 Å². The normalized spacial score (nSPS) is 30.7. The Balaban J connectivity index is 1.43. The molecule has 1 saturated carbocycles. The number of ether oxygens (including phenoxy) is 2. The number of carbonyl (C=O) groups is 2. The van der Waals surface area contributed by atoms with Crippen molar-refractivity contribution in [1.82, 2.24) is 15.5 Å². The van der Waals surface area contributed by atoms with Crippen LogP contribution in [0.1, 0.15) is 70.8 Å². The van der Waals surface area contributed by atoms with Crippen LogP contribution >= 0.6 is 0 Å². The molecular formula is C26H39N3O4. The van der Waals surface area contributed by atoms with E-state index >= 15 is 0 Å². The van der Waals surface area contributed by atoms with Crippen LogP contribution in [0.4, 0.5) is 4.79 Å². The molecule has 2 amide bonds. The predicted molar refractivity (Wildman–Crippen MR) is 127 cm³/mol. The fourth-order valence-corrected chi connectivity index (χ4v) is 5.61. The van der Waals surface area contributed by atoms with Gasteiger partial charge in [-0.15, -0.1) is 0 Å². The smallest absolute Gasteiger partial charge is 0.410 e. The standard InChI is InChI=1S/C26H39N3O4/c1-25(2,3)33-24(31)29-15-7-14-26(18-27-16-23(30)28-26)22(29)17-32-21-12-10-20(11-13-21)19-8-5-4-6-9-19/h4-6,8-9,20-22,27H,7,10-18H2,1-3H3,(H,28,30)/t20-,21+,22-,26+/m0/s1. The van der Waals surface area contributed by atoms with Crippen molar-refractivity contribution in [2.45, 2.75) is 88.5 Å². The van der Waals surface area contributed by atoms with Gasteiger partial charge in [0, 0.05) is 13.1 Å². The van der Waals surface area contributed by atoms with Crippen molar-refractivity contribution in [2.75, 3.05) is 26.2 Å². The average molecular weight is 458 g/mol. The van der Waals surface area contributed by atoms with Gasteiger partial charge in [0.05, 0.1) is 30.8 Å². The maximum atomic E-state index is 13.1. The lowest BCUT2D eigenvalue weighted by Gasteiger charge is -2.52. The van der Waals surface area contributed by atoms with Gasteiger partial charge in [0.15, 0.2) is 0 Å². The number of hydrogen-bond donors (Lipinski definition) is 2. The number of piperidine rings is 1. The molecule has 2 saturated heterocycles. The van der Waals surface area contributed by atoms with E-state index in [0.717, 1.165) is 38.5 Å². The molecule has 7 heteroatoms. The number of hydrogen-bond acceptors (Lipinski definition) is 5. The summed E-state index contributed by atoms with van der Waals surface area (Å²) in [5.41, 5.74) is 0.317. The van der Waals surface area contributed by atoms with Crippen LogP contribution in [0.15, 0.2) is 30.3 Å². The molecule has 7 nitrogen and oxygen atoms in total. The van der Waals surface area contributed by atoms with E-state index in [0.29, 0.717) is 32.2 Å². The van der Waals surface area contributed by atoms with Crippen LogP contribution in [-0.4, -0.2) is 66.4 Å². The Kier molecular flexibility index (Phi) is 7.29. The minimum absolute atomic E-state index is 0.0272. The lowest BCUT2D eigenvalue weighted by molar-refractivity contribution is -0.128. The average Bonchev–Trinajstić information content (AvgIpc) is 2.78. The fraction of sp³-hybridized carbons (Fsp3) is 0.692. The minimum atomic E-state index is -0.572. The monoisotopic (exact) mass is 457 g/mol. The van der Waals surface area contributed by atoms with Gasteiger partial charge in [-0.25, -0.2) is 4.79 Å². The largest absolute Gasteiger partial charge is 0.444 e. The molecule has 0 aromatic heterocycles. The molecular weight excluding hydrogens is 418 g/mol. The summed E-state index contributed by atoms with van der Waals surface area (Å²) in [7, 11) is 0. The van der Waals surface area contributed by atoms with Crippen molar-refractivity contribution in [2.24, 2.45) is 0 Å². The summed E-state index contributed by atoms with van der Waals surface area (Å²) in [6.07, 6.45) is 5.73. The van der Waals surface area contributed by atoms with Crippen LogP contribution in [0.5, 0.6) is 0 Å². The van der Waals surface area contributed by atoms with E-state index in [2.05, 4.69) is 41.0 Å². The first-order valence-electron chi connectivity index (χ1n) is 12.4. The van der Waals surface area contributed by atoms with E-state index in [9.17, 15) is 9.59 Å². The number of piperazine rings is 1. The molecule has 1 aliphatic carbocycles. The SMILES string of the molecule is CC(C)(C)OC(=O)N1CCC[C@@]2(CNCC(=O)N2)[C@@H]1CO[C@H]1CC[C@@H](c2ccccc2)CC1. The second-order valence-corrected chi connectivity index (χ2v) is 10.8. The first-order valence-corrected chi connectivity index (χ1v) is 12.4. The lowest BCUT2D eigenvalue weighted by Crippen LogP contribution is -2.74. The molecule has 1 aromatic rings. The zero-order chi connectivity index (χ0) is 23.5. The maximum Gasteiger partial charge on any atom is 0.410 e. The van der Waals surface area contributed by atoms with Gasteiger partial charge in [-0.3, -0.25) is 4.79 Å². The lowest BCUT2D eigenvalue weighted by atomic mass is 9.79. The molecule has 2 N–H and O–H groups in total. The highest BCUT2D eigenvalue weighted by molar-refractivity contribution is 5.80. The zero-order valence-electron chi connectivity index (χ0n) is 20.3. The topological polar surface area (TPSA) is 79.9 Å². The van der Waals surface area contributed by atoms with Gasteiger partial charge in [-0.05, 0) is 70.8 Å². The summed E-state index contributed by atoms with van der Waals surface area (Å²) >= 11 is 0. The third kappa shape index (κ3) is 5.87. The quantitative estimate of drug-likeness (QED) is 0.722. The summed E-state index contributed by atoms with van der Waals surface area (Å²) in [6, 6.07) is 10.5. The summed E-state index contributed by atoms with van der Waals surface area (Å²) in [5, 5.41) is 6.46. The zero-order valence-corrected chi connectivity index (χ0v) is 20.3. The second-order valence-electron chi connectivity index (χ2n) is 10.8. The Hall–Kier alpha value is -2.12. The second kappa shape index (κ2) is 10.0. The first kappa shape index (κ1) is 24.0. The van der Waals surface area contributed by atoms with Gasteiger partial charge in [0.25, 0.3) is 0 Å². The van der Waals surface area contributed by atoms with E-state index in [4.69, 9.17) is 9.47 Å². The van der Waals surface area contributed by atoms with E-state index in [1.165, 1.54) is 5.56 Å². The van der Waals surface area contributed by atoms with Crippen LogP contribution in [0, 0.1) is 0 Å². The molecule has 1 aromatic carbocycles. The highest BCUT2D eigenvalue weighted by Gasteiger charge is 2.49. The number of rotatable bonds is 4. The molecule has 0 radical (unpaired) electrons. The molecule has 182 valence electrons. The van der Waals surface area contributed by atoms with E-state index in [1.54, 1.807) is 4.90 Å².